The standard InChI is InChI=1S/C16H11F2N3O/c17-11-7-4-8-12(18)14(11)16(22)20-13-9-19-21-15(13)10-5-2-1-3-6-10/h1-9H,(H,19,21)(H,20,22). The Balaban J connectivity index is 1.92. The number of hydrogen-bond donors (Lipinski definition) is 2. The van der Waals surface area contributed by atoms with Crippen molar-refractivity contribution in [1.29, 1.82) is 0 Å². The fraction of sp³-hybridized carbons (Fsp3) is 0. The number of carbonyl (C=O) groups is 1. The van der Waals surface area contributed by atoms with Crippen LogP contribution in [-0.4, -0.2) is 16.1 Å². The van der Waals surface area contributed by atoms with Gasteiger partial charge in [-0.1, -0.05) is 36.4 Å². The van der Waals surface area contributed by atoms with Gasteiger partial charge in [0.1, 0.15) is 17.2 Å². The van der Waals surface area contributed by atoms with Crippen LogP contribution >= 0.6 is 0 Å². The van der Waals surface area contributed by atoms with Crippen LogP contribution in [0.5, 0.6) is 0 Å². The quantitative estimate of drug-likeness (QED) is 0.776. The molecule has 0 aliphatic carbocycles. The molecule has 22 heavy (non-hydrogen) atoms. The van der Waals surface area contributed by atoms with Gasteiger partial charge < -0.3 is 5.32 Å². The molecule has 1 heterocycles. The van der Waals surface area contributed by atoms with E-state index in [0.717, 1.165) is 17.7 Å². The molecule has 1 aromatic heterocycles. The van der Waals surface area contributed by atoms with E-state index in [-0.39, 0.29) is 0 Å². The van der Waals surface area contributed by atoms with Crippen molar-refractivity contribution < 1.29 is 13.6 Å². The maximum Gasteiger partial charge on any atom is 0.261 e. The first-order valence-electron chi connectivity index (χ1n) is 6.51. The van der Waals surface area contributed by atoms with E-state index < -0.39 is 23.1 Å². The number of benzene rings is 2. The van der Waals surface area contributed by atoms with Crippen LogP contribution in [-0.2, 0) is 0 Å². The van der Waals surface area contributed by atoms with Crippen LogP contribution in [0, 0.1) is 11.6 Å². The fourth-order valence-corrected chi connectivity index (χ4v) is 2.11. The van der Waals surface area contributed by atoms with Gasteiger partial charge in [0, 0.05) is 5.56 Å². The van der Waals surface area contributed by atoms with Gasteiger partial charge in [0.25, 0.3) is 5.91 Å². The predicted molar refractivity (Wildman–Crippen MR) is 78.3 cm³/mol. The van der Waals surface area contributed by atoms with Gasteiger partial charge in [0.15, 0.2) is 0 Å². The number of nitrogens with zero attached hydrogens (tertiary/aromatic N) is 1. The summed E-state index contributed by atoms with van der Waals surface area (Å²) in [6.07, 6.45) is 1.39. The van der Waals surface area contributed by atoms with Crippen molar-refractivity contribution in [2.45, 2.75) is 0 Å². The summed E-state index contributed by atoms with van der Waals surface area (Å²) in [5, 5.41) is 9.09. The van der Waals surface area contributed by atoms with Gasteiger partial charge in [-0.25, -0.2) is 8.78 Å². The third-order valence-electron chi connectivity index (χ3n) is 3.14. The molecule has 0 aliphatic heterocycles. The number of rotatable bonds is 3. The number of aromatic amines is 1. The molecule has 0 spiro atoms. The van der Waals surface area contributed by atoms with E-state index in [9.17, 15) is 13.6 Å². The highest BCUT2D eigenvalue weighted by Crippen LogP contribution is 2.25. The lowest BCUT2D eigenvalue weighted by atomic mass is 10.1. The summed E-state index contributed by atoms with van der Waals surface area (Å²) in [4.78, 5) is 12.1. The summed E-state index contributed by atoms with van der Waals surface area (Å²) < 4.78 is 27.3. The lowest BCUT2D eigenvalue weighted by Gasteiger charge is -2.07. The van der Waals surface area contributed by atoms with Crippen molar-refractivity contribution in [1.82, 2.24) is 10.2 Å². The molecule has 1 amide bonds. The molecule has 0 unspecified atom stereocenters. The molecule has 0 saturated carbocycles. The first kappa shape index (κ1) is 13.9. The maximum atomic E-state index is 13.6. The van der Waals surface area contributed by atoms with Crippen LogP contribution in [0.4, 0.5) is 14.5 Å². The summed E-state index contributed by atoms with van der Waals surface area (Å²) in [6, 6.07) is 12.4. The van der Waals surface area contributed by atoms with E-state index in [1.165, 1.54) is 12.3 Å². The van der Waals surface area contributed by atoms with Gasteiger partial charge in [-0.05, 0) is 12.1 Å². The molecule has 0 bridgehead atoms. The SMILES string of the molecule is O=C(Nc1cn[nH]c1-c1ccccc1)c1c(F)cccc1F. The van der Waals surface area contributed by atoms with Crippen molar-refractivity contribution in [2.24, 2.45) is 0 Å². The minimum absolute atomic E-state index is 0.346. The Hall–Kier alpha value is -3.02. The van der Waals surface area contributed by atoms with Crippen LogP contribution in [0.25, 0.3) is 11.3 Å². The number of amides is 1. The van der Waals surface area contributed by atoms with Crippen LogP contribution in [0.3, 0.4) is 0 Å². The van der Waals surface area contributed by atoms with Crippen molar-refractivity contribution in [3.05, 3.63) is 71.9 Å². The van der Waals surface area contributed by atoms with Crippen molar-refractivity contribution >= 4 is 11.6 Å². The van der Waals surface area contributed by atoms with E-state index in [2.05, 4.69) is 15.5 Å². The Bertz CT molecular complexity index is 795. The summed E-state index contributed by atoms with van der Waals surface area (Å²) in [5.41, 5.74) is 1.08. The molecule has 0 saturated heterocycles. The van der Waals surface area contributed by atoms with Gasteiger partial charge in [-0.15, -0.1) is 0 Å². The van der Waals surface area contributed by atoms with Gasteiger partial charge in [-0.3, -0.25) is 9.89 Å². The highest BCUT2D eigenvalue weighted by molar-refractivity contribution is 6.06. The average molecular weight is 299 g/mol. The molecule has 0 fully saturated rings. The first-order chi connectivity index (χ1) is 10.7. The highest BCUT2D eigenvalue weighted by Gasteiger charge is 2.19. The lowest BCUT2D eigenvalue weighted by Crippen LogP contribution is -2.16. The average Bonchev–Trinajstić information content (AvgIpc) is 2.96. The van der Waals surface area contributed by atoms with E-state index in [0.29, 0.717) is 11.4 Å². The molecular formula is C16H11F2N3O. The Kier molecular flexibility index (Phi) is 3.65. The Labute approximate surface area is 124 Å². The summed E-state index contributed by atoms with van der Waals surface area (Å²) >= 11 is 0. The molecule has 0 aliphatic rings. The van der Waals surface area contributed by atoms with Crippen molar-refractivity contribution in [2.75, 3.05) is 5.32 Å². The van der Waals surface area contributed by atoms with E-state index >= 15 is 0 Å². The number of H-pyrrole nitrogens is 1. The molecule has 6 heteroatoms. The molecule has 0 atom stereocenters. The van der Waals surface area contributed by atoms with E-state index in [4.69, 9.17) is 0 Å². The number of carbonyl (C=O) groups excluding carboxylic acids is 1. The zero-order chi connectivity index (χ0) is 15.5. The third kappa shape index (κ3) is 2.58. The normalized spacial score (nSPS) is 10.5. The van der Waals surface area contributed by atoms with Crippen LogP contribution in [0.2, 0.25) is 0 Å². The zero-order valence-electron chi connectivity index (χ0n) is 11.3. The van der Waals surface area contributed by atoms with Crippen LogP contribution in [0.1, 0.15) is 10.4 Å². The van der Waals surface area contributed by atoms with E-state index in [1.54, 1.807) is 0 Å². The number of anilines is 1. The minimum Gasteiger partial charge on any atom is -0.319 e. The molecule has 4 nitrogen and oxygen atoms in total. The fourth-order valence-electron chi connectivity index (χ4n) is 2.11. The van der Waals surface area contributed by atoms with Crippen LogP contribution in [0.15, 0.2) is 54.7 Å². The highest BCUT2D eigenvalue weighted by atomic mass is 19.1. The number of halogens is 2. The molecule has 110 valence electrons. The maximum absolute atomic E-state index is 13.6. The van der Waals surface area contributed by atoms with Gasteiger partial charge >= 0.3 is 0 Å². The molecule has 3 aromatic rings. The summed E-state index contributed by atoms with van der Waals surface area (Å²) in [5.74, 6) is -2.70. The topological polar surface area (TPSA) is 57.8 Å². The molecule has 0 radical (unpaired) electrons. The molecule has 2 N–H and O–H groups in total. The second kappa shape index (κ2) is 5.77. The van der Waals surface area contributed by atoms with E-state index in [1.807, 2.05) is 30.3 Å². The Morgan fingerprint density at radius 3 is 2.36 bits per heavy atom. The smallest absolute Gasteiger partial charge is 0.261 e. The Morgan fingerprint density at radius 1 is 1.00 bits per heavy atom. The molecule has 2 aromatic carbocycles. The Morgan fingerprint density at radius 2 is 1.68 bits per heavy atom. The predicted octanol–water partition coefficient (Wildman–Crippen LogP) is 3.61. The van der Waals surface area contributed by atoms with Gasteiger partial charge in [0.2, 0.25) is 0 Å². The van der Waals surface area contributed by atoms with Crippen LogP contribution < -0.4 is 5.32 Å². The molecular weight excluding hydrogens is 288 g/mol. The third-order valence-corrected chi connectivity index (χ3v) is 3.14. The van der Waals surface area contributed by atoms with Crippen molar-refractivity contribution in [3.63, 3.8) is 0 Å². The van der Waals surface area contributed by atoms with Gasteiger partial charge in [0.05, 0.1) is 17.6 Å². The second-order valence-electron chi connectivity index (χ2n) is 4.58. The monoisotopic (exact) mass is 299 g/mol. The number of aromatic nitrogens is 2. The summed E-state index contributed by atoms with van der Waals surface area (Å²) in [6.45, 7) is 0. The summed E-state index contributed by atoms with van der Waals surface area (Å²) in [7, 11) is 0. The van der Waals surface area contributed by atoms with Crippen molar-refractivity contribution in [3.8, 4) is 11.3 Å². The number of hydrogen-bond acceptors (Lipinski definition) is 2. The zero-order valence-corrected chi connectivity index (χ0v) is 11.3. The first-order valence-corrected chi connectivity index (χ1v) is 6.51. The van der Waals surface area contributed by atoms with Gasteiger partial charge in [-0.2, -0.15) is 5.10 Å². The molecule has 3 rings (SSSR count). The second-order valence-corrected chi connectivity index (χ2v) is 4.58. The minimum atomic E-state index is -0.915. The largest absolute Gasteiger partial charge is 0.319 e. The lowest BCUT2D eigenvalue weighted by molar-refractivity contribution is 0.101. The number of nitrogens with one attached hydrogen (secondary N) is 2.